The molecule has 25 heavy (non-hydrogen) atoms. The molecule has 1 heterocycles. The van der Waals surface area contributed by atoms with Gasteiger partial charge >= 0.3 is 5.97 Å². The van der Waals surface area contributed by atoms with E-state index in [1.807, 2.05) is 44.2 Å². The first-order valence-electron chi connectivity index (χ1n) is 8.02. The van der Waals surface area contributed by atoms with E-state index in [9.17, 15) is 19.5 Å². The van der Waals surface area contributed by atoms with E-state index in [0.29, 0.717) is 12.1 Å². The Labute approximate surface area is 145 Å². The molecule has 1 amide bonds. The van der Waals surface area contributed by atoms with Crippen LogP contribution in [0.3, 0.4) is 0 Å². The Hall–Kier alpha value is -2.96. The van der Waals surface area contributed by atoms with Crippen molar-refractivity contribution in [2.45, 2.75) is 32.9 Å². The van der Waals surface area contributed by atoms with E-state index in [1.165, 1.54) is 6.07 Å². The molecule has 0 saturated carbocycles. The zero-order valence-corrected chi connectivity index (χ0v) is 14.2. The topological polar surface area (TPSA) is 101 Å². The first-order chi connectivity index (χ1) is 11.9. The van der Waals surface area contributed by atoms with Crippen LogP contribution < -0.4 is 10.9 Å². The fourth-order valence-electron chi connectivity index (χ4n) is 2.39. The van der Waals surface area contributed by atoms with Gasteiger partial charge in [-0.1, -0.05) is 44.2 Å². The van der Waals surface area contributed by atoms with Crippen LogP contribution in [0.2, 0.25) is 0 Å². The first-order valence-corrected chi connectivity index (χ1v) is 8.02. The van der Waals surface area contributed by atoms with E-state index < -0.39 is 23.5 Å². The minimum atomic E-state index is -1.10. The lowest BCUT2D eigenvalue weighted by atomic mass is 10.0. The van der Waals surface area contributed by atoms with Gasteiger partial charge in [-0.05, 0) is 18.4 Å². The van der Waals surface area contributed by atoms with Crippen LogP contribution in [0.25, 0.3) is 11.3 Å². The number of carboxylic acid groups (broad SMARTS) is 1. The van der Waals surface area contributed by atoms with E-state index in [1.54, 1.807) is 6.07 Å². The molecule has 2 aromatic rings. The Kier molecular flexibility index (Phi) is 6.05. The van der Waals surface area contributed by atoms with Gasteiger partial charge in [-0.3, -0.25) is 9.59 Å². The fourth-order valence-corrected chi connectivity index (χ4v) is 2.39. The molecule has 0 fully saturated rings. The number of hydrogen-bond acceptors (Lipinski definition) is 4. The van der Waals surface area contributed by atoms with Crippen molar-refractivity contribution in [3.05, 3.63) is 52.8 Å². The maximum atomic E-state index is 12.1. The summed E-state index contributed by atoms with van der Waals surface area (Å²) >= 11 is 0. The Morgan fingerprint density at radius 3 is 2.44 bits per heavy atom. The molecule has 7 heteroatoms. The summed E-state index contributed by atoms with van der Waals surface area (Å²) in [7, 11) is 0. The van der Waals surface area contributed by atoms with Gasteiger partial charge in [0.2, 0.25) is 5.91 Å². The molecule has 0 radical (unpaired) electrons. The number of carbonyl (C=O) groups is 2. The van der Waals surface area contributed by atoms with Crippen LogP contribution in [-0.2, 0) is 16.1 Å². The molecule has 0 spiro atoms. The molecule has 0 aliphatic heterocycles. The van der Waals surface area contributed by atoms with Crippen molar-refractivity contribution in [1.29, 1.82) is 0 Å². The number of aromatic nitrogens is 2. The average Bonchev–Trinajstić information content (AvgIpc) is 2.56. The van der Waals surface area contributed by atoms with Gasteiger partial charge in [0.15, 0.2) is 0 Å². The second-order valence-electron chi connectivity index (χ2n) is 6.17. The van der Waals surface area contributed by atoms with Crippen molar-refractivity contribution in [3.8, 4) is 11.3 Å². The Balaban J connectivity index is 2.15. The van der Waals surface area contributed by atoms with Gasteiger partial charge in [0.05, 0.1) is 5.69 Å². The van der Waals surface area contributed by atoms with Crippen LogP contribution in [-0.4, -0.2) is 32.8 Å². The number of carboxylic acids is 1. The van der Waals surface area contributed by atoms with E-state index in [4.69, 9.17) is 0 Å². The third-order valence-electron chi connectivity index (χ3n) is 3.57. The zero-order valence-electron chi connectivity index (χ0n) is 14.2. The molecule has 1 aromatic heterocycles. The lowest BCUT2D eigenvalue weighted by Gasteiger charge is -2.16. The second-order valence-corrected chi connectivity index (χ2v) is 6.17. The molecule has 0 bridgehead atoms. The predicted molar refractivity (Wildman–Crippen MR) is 93.0 cm³/mol. The largest absolute Gasteiger partial charge is 0.480 e. The molecule has 2 N–H and O–H groups in total. The molecule has 0 aliphatic carbocycles. The van der Waals surface area contributed by atoms with E-state index in [-0.39, 0.29) is 12.5 Å². The van der Waals surface area contributed by atoms with Crippen molar-refractivity contribution in [3.63, 3.8) is 0 Å². The molecular formula is C18H21N3O4. The highest BCUT2D eigenvalue weighted by molar-refractivity contribution is 5.83. The summed E-state index contributed by atoms with van der Waals surface area (Å²) < 4.78 is 1.03. The minimum absolute atomic E-state index is 0.114. The Morgan fingerprint density at radius 1 is 1.16 bits per heavy atom. The van der Waals surface area contributed by atoms with Crippen molar-refractivity contribution >= 4 is 11.9 Å². The smallest absolute Gasteiger partial charge is 0.326 e. The lowest BCUT2D eigenvalue weighted by molar-refractivity contribution is -0.142. The summed E-state index contributed by atoms with van der Waals surface area (Å²) in [5.74, 6) is -1.54. The van der Waals surface area contributed by atoms with Crippen molar-refractivity contribution in [2.24, 2.45) is 5.92 Å². The van der Waals surface area contributed by atoms with Gasteiger partial charge in [-0.2, -0.15) is 5.10 Å². The molecular weight excluding hydrogens is 322 g/mol. The van der Waals surface area contributed by atoms with Crippen LogP contribution in [0.5, 0.6) is 0 Å². The first kappa shape index (κ1) is 18.4. The fraction of sp³-hybridized carbons (Fsp3) is 0.333. The Bertz CT molecular complexity index is 799. The standard InChI is InChI=1S/C18H21N3O4/c1-12(2)10-15(18(24)25)19-16(22)11-21-17(23)9-8-14(20-21)13-6-4-3-5-7-13/h3-9,12,15H,10-11H2,1-2H3,(H,19,22)(H,24,25). The summed E-state index contributed by atoms with van der Waals surface area (Å²) in [5, 5.41) is 15.8. The van der Waals surface area contributed by atoms with Gasteiger partial charge < -0.3 is 10.4 Å². The number of rotatable bonds is 7. The Morgan fingerprint density at radius 2 is 1.84 bits per heavy atom. The number of nitrogens with zero attached hydrogens (tertiary/aromatic N) is 2. The van der Waals surface area contributed by atoms with Crippen LogP contribution in [0.1, 0.15) is 20.3 Å². The normalized spacial score (nSPS) is 12.0. The van der Waals surface area contributed by atoms with Gasteiger partial charge in [0, 0.05) is 11.6 Å². The van der Waals surface area contributed by atoms with Crippen molar-refractivity contribution in [1.82, 2.24) is 15.1 Å². The molecule has 1 atom stereocenters. The highest BCUT2D eigenvalue weighted by Crippen LogP contribution is 2.13. The van der Waals surface area contributed by atoms with Crippen LogP contribution in [0, 0.1) is 5.92 Å². The third-order valence-corrected chi connectivity index (χ3v) is 3.57. The number of carbonyl (C=O) groups excluding carboxylic acids is 1. The summed E-state index contributed by atoms with van der Waals surface area (Å²) in [6.45, 7) is 3.41. The average molecular weight is 343 g/mol. The zero-order chi connectivity index (χ0) is 18.4. The highest BCUT2D eigenvalue weighted by atomic mass is 16.4. The number of hydrogen-bond donors (Lipinski definition) is 2. The minimum Gasteiger partial charge on any atom is -0.480 e. The van der Waals surface area contributed by atoms with Crippen molar-refractivity contribution in [2.75, 3.05) is 0 Å². The maximum Gasteiger partial charge on any atom is 0.326 e. The van der Waals surface area contributed by atoms with Gasteiger partial charge in [-0.25, -0.2) is 9.48 Å². The highest BCUT2D eigenvalue weighted by Gasteiger charge is 2.21. The molecule has 1 aromatic carbocycles. The molecule has 1 unspecified atom stereocenters. The van der Waals surface area contributed by atoms with Crippen molar-refractivity contribution < 1.29 is 14.7 Å². The summed E-state index contributed by atoms with van der Waals surface area (Å²) in [6, 6.07) is 11.2. The second kappa shape index (κ2) is 8.23. The summed E-state index contributed by atoms with van der Waals surface area (Å²) in [4.78, 5) is 35.3. The summed E-state index contributed by atoms with van der Waals surface area (Å²) in [6.07, 6.45) is 0.313. The third kappa shape index (κ3) is 5.27. The van der Waals surface area contributed by atoms with Gasteiger partial charge in [-0.15, -0.1) is 0 Å². The molecule has 0 aliphatic rings. The molecule has 2 rings (SSSR count). The number of benzene rings is 1. The van der Waals surface area contributed by atoms with E-state index in [2.05, 4.69) is 10.4 Å². The van der Waals surface area contributed by atoms with Gasteiger partial charge in [0.1, 0.15) is 12.6 Å². The predicted octanol–water partition coefficient (Wildman–Crippen LogP) is 1.53. The number of amides is 1. The lowest BCUT2D eigenvalue weighted by Crippen LogP contribution is -2.44. The summed E-state index contributed by atoms with van der Waals surface area (Å²) in [5.41, 5.74) is 0.954. The maximum absolute atomic E-state index is 12.1. The molecule has 7 nitrogen and oxygen atoms in total. The van der Waals surface area contributed by atoms with E-state index in [0.717, 1.165) is 10.2 Å². The monoisotopic (exact) mass is 343 g/mol. The SMILES string of the molecule is CC(C)CC(NC(=O)Cn1nc(-c2ccccc2)ccc1=O)C(=O)O. The number of aliphatic carboxylic acids is 1. The molecule has 0 saturated heterocycles. The van der Waals surface area contributed by atoms with Gasteiger partial charge in [0.25, 0.3) is 5.56 Å². The van der Waals surface area contributed by atoms with E-state index >= 15 is 0 Å². The van der Waals surface area contributed by atoms with Crippen LogP contribution in [0.4, 0.5) is 0 Å². The quantitative estimate of drug-likeness (QED) is 0.794. The number of nitrogens with one attached hydrogen (secondary N) is 1. The van der Waals surface area contributed by atoms with Crippen LogP contribution >= 0.6 is 0 Å². The van der Waals surface area contributed by atoms with Crippen LogP contribution in [0.15, 0.2) is 47.3 Å². The molecule has 132 valence electrons.